The molecule has 1 amide bonds. The lowest BCUT2D eigenvalue weighted by molar-refractivity contribution is -0.142. The Labute approximate surface area is 204 Å². The van der Waals surface area contributed by atoms with Gasteiger partial charge in [0.2, 0.25) is 0 Å². The summed E-state index contributed by atoms with van der Waals surface area (Å²) in [6.07, 6.45) is 1.70. The van der Waals surface area contributed by atoms with Gasteiger partial charge in [0.05, 0.1) is 30.6 Å². The van der Waals surface area contributed by atoms with Gasteiger partial charge in [-0.05, 0) is 56.3 Å². The number of fused-ring (bicyclic) bond motifs is 1. The van der Waals surface area contributed by atoms with Gasteiger partial charge in [0.25, 0.3) is 5.91 Å². The van der Waals surface area contributed by atoms with Gasteiger partial charge in [-0.25, -0.2) is 9.97 Å². The van der Waals surface area contributed by atoms with Crippen LogP contribution in [-0.2, 0) is 23.1 Å². The number of rotatable bonds is 9. The Balaban J connectivity index is 1.56. The second kappa shape index (κ2) is 10.8. The lowest BCUT2D eigenvalue weighted by Gasteiger charge is -2.21. The number of nitrogens with one attached hydrogen (secondary N) is 1. The summed E-state index contributed by atoms with van der Waals surface area (Å²) in [6.45, 7) is 4.83. The van der Waals surface area contributed by atoms with Crippen LogP contribution in [0.3, 0.4) is 0 Å². The van der Waals surface area contributed by atoms with Crippen molar-refractivity contribution in [1.82, 2.24) is 14.5 Å². The summed E-state index contributed by atoms with van der Waals surface area (Å²) >= 11 is 0. The Bertz CT molecular complexity index is 1320. The third-order valence-electron chi connectivity index (χ3n) is 5.74. The van der Waals surface area contributed by atoms with Crippen molar-refractivity contribution in [2.45, 2.75) is 26.8 Å². The van der Waals surface area contributed by atoms with E-state index in [9.17, 15) is 9.59 Å². The fraction of sp³-hybridized carbons (Fsp3) is 0.259. The van der Waals surface area contributed by atoms with Crippen molar-refractivity contribution in [1.29, 1.82) is 0 Å². The Hall–Kier alpha value is -4.20. The number of aromatic nitrogens is 3. The average molecular weight is 472 g/mol. The SMILES string of the molecule is CCOC(=O)CCN(C(=O)c1ccc2c(c1)nc(CNc1ccc(C)cc1)n2C)c1ccccn1. The van der Waals surface area contributed by atoms with Gasteiger partial charge in [0, 0.05) is 31.0 Å². The quantitative estimate of drug-likeness (QED) is 0.362. The number of ether oxygens (including phenoxy) is 1. The lowest BCUT2D eigenvalue weighted by Crippen LogP contribution is -2.34. The molecule has 8 heteroatoms. The van der Waals surface area contributed by atoms with E-state index in [0.29, 0.717) is 24.5 Å². The van der Waals surface area contributed by atoms with Gasteiger partial charge in [-0.1, -0.05) is 23.8 Å². The molecule has 0 saturated heterocycles. The molecule has 0 atom stereocenters. The second-order valence-corrected chi connectivity index (χ2v) is 8.21. The highest BCUT2D eigenvalue weighted by Crippen LogP contribution is 2.21. The number of hydrogen-bond acceptors (Lipinski definition) is 6. The smallest absolute Gasteiger partial charge is 0.307 e. The highest BCUT2D eigenvalue weighted by atomic mass is 16.5. The minimum atomic E-state index is -0.355. The normalized spacial score (nSPS) is 10.8. The first-order valence-electron chi connectivity index (χ1n) is 11.6. The number of hydrogen-bond donors (Lipinski definition) is 1. The Kier molecular flexibility index (Phi) is 7.40. The number of benzene rings is 2. The van der Waals surface area contributed by atoms with E-state index in [1.54, 1.807) is 37.4 Å². The molecule has 0 radical (unpaired) electrons. The van der Waals surface area contributed by atoms with Gasteiger partial charge in [-0.3, -0.25) is 14.5 Å². The van der Waals surface area contributed by atoms with Gasteiger partial charge in [-0.2, -0.15) is 0 Å². The summed E-state index contributed by atoms with van der Waals surface area (Å²) in [5.41, 5.74) is 4.36. The third kappa shape index (κ3) is 5.66. The van der Waals surface area contributed by atoms with E-state index < -0.39 is 0 Å². The molecule has 0 spiro atoms. The topological polar surface area (TPSA) is 89.4 Å². The number of anilines is 2. The summed E-state index contributed by atoms with van der Waals surface area (Å²) in [4.78, 5) is 36.0. The molecule has 2 aromatic carbocycles. The summed E-state index contributed by atoms with van der Waals surface area (Å²) in [6, 6.07) is 19.0. The molecule has 2 heterocycles. The maximum atomic E-state index is 13.5. The molecule has 8 nitrogen and oxygen atoms in total. The van der Waals surface area contributed by atoms with Gasteiger partial charge in [0.15, 0.2) is 0 Å². The van der Waals surface area contributed by atoms with E-state index in [1.165, 1.54) is 10.5 Å². The van der Waals surface area contributed by atoms with Crippen LogP contribution >= 0.6 is 0 Å². The minimum absolute atomic E-state index is 0.0802. The molecule has 35 heavy (non-hydrogen) atoms. The molecule has 0 fully saturated rings. The molecular formula is C27H29N5O3. The van der Waals surface area contributed by atoms with Gasteiger partial charge >= 0.3 is 5.97 Å². The van der Waals surface area contributed by atoms with Crippen molar-refractivity contribution in [2.24, 2.45) is 7.05 Å². The number of pyridine rings is 1. The van der Waals surface area contributed by atoms with Gasteiger partial charge in [0.1, 0.15) is 11.6 Å². The molecule has 0 unspecified atom stereocenters. The zero-order valence-corrected chi connectivity index (χ0v) is 20.2. The van der Waals surface area contributed by atoms with Crippen molar-refractivity contribution in [2.75, 3.05) is 23.4 Å². The number of esters is 1. The standard InChI is InChI=1S/C27H29N5O3/c1-4-35-26(33)14-16-32(24-7-5-6-15-28-24)27(34)20-10-13-23-22(17-20)30-25(31(23)3)18-29-21-11-8-19(2)9-12-21/h5-13,15,17,29H,4,14,16,18H2,1-3H3. The fourth-order valence-corrected chi connectivity index (χ4v) is 3.82. The molecule has 4 aromatic rings. The van der Waals surface area contributed by atoms with E-state index >= 15 is 0 Å². The lowest BCUT2D eigenvalue weighted by atomic mass is 10.1. The Morgan fingerprint density at radius 3 is 2.60 bits per heavy atom. The van der Waals surface area contributed by atoms with Crippen LogP contribution in [0.5, 0.6) is 0 Å². The van der Waals surface area contributed by atoms with Crippen LogP contribution in [-0.4, -0.2) is 39.6 Å². The molecule has 0 aliphatic carbocycles. The molecule has 0 aliphatic heterocycles. The van der Waals surface area contributed by atoms with Crippen LogP contribution in [0, 0.1) is 6.92 Å². The van der Waals surface area contributed by atoms with E-state index in [2.05, 4.69) is 29.4 Å². The van der Waals surface area contributed by atoms with E-state index in [0.717, 1.165) is 22.5 Å². The highest BCUT2D eigenvalue weighted by Gasteiger charge is 2.21. The average Bonchev–Trinajstić information content (AvgIpc) is 3.19. The van der Waals surface area contributed by atoms with Gasteiger partial charge in [-0.15, -0.1) is 0 Å². The van der Waals surface area contributed by atoms with Crippen LogP contribution in [0.25, 0.3) is 11.0 Å². The monoisotopic (exact) mass is 471 g/mol. The highest BCUT2D eigenvalue weighted by molar-refractivity contribution is 6.07. The summed E-state index contributed by atoms with van der Waals surface area (Å²) in [7, 11) is 1.96. The van der Waals surface area contributed by atoms with Crippen molar-refractivity contribution in [3.05, 3.63) is 83.8 Å². The molecule has 0 saturated carbocycles. The molecule has 0 aliphatic rings. The van der Waals surface area contributed by atoms with Crippen LogP contribution in [0.2, 0.25) is 0 Å². The first-order valence-corrected chi connectivity index (χ1v) is 11.6. The predicted molar refractivity (Wildman–Crippen MR) is 136 cm³/mol. The number of carbonyl (C=O) groups excluding carboxylic acids is 2. The van der Waals surface area contributed by atoms with Crippen molar-refractivity contribution in [3.8, 4) is 0 Å². The van der Waals surface area contributed by atoms with Crippen molar-refractivity contribution < 1.29 is 14.3 Å². The number of carbonyl (C=O) groups is 2. The first-order chi connectivity index (χ1) is 17.0. The molecular weight excluding hydrogens is 442 g/mol. The summed E-state index contributed by atoms with van der Waals surface area (Å²) in [5, 5.41) is 3.39. The molecule has 1 N–H and O–H groups in total. The molecule has 4 rings (SSSR count). The van der Waals surface area contributed by atoms with E-state index in [-0.39, 0.29) is 24.8 Å². The molecule has 2 aromatic heterocycles. The van der Waals surface area contributed by atoms with Crippen LogP contribution in [0.4, 0.5) is 11.5 Å². The number of aryl methyl sites for hydroxylation is 2. The number of amides is 1. The second-order valence-electron chi connectivity index (χ2n) is 8.21. The Morgan fingerprint density at radius 1 is 1.09 bits per heavy atom. The number of imidazole rings is 1. The van der Waals surface area contributed by atoms with E-state index in [1.807, 2.05) is 35.9 Å². The predicted octanol–water partition coefficient (Wildman–Crippen LogP) is 4.49. The van der Waals surface area contributed by atoms with Crippen LogP contribution in [0.1, 0.15) is 35.1 Å². The van der Waals surface area contributed by atoms with Gasteiger partial charge < -0.3 is 14.6 Å². The maximum Gasteiger partial charge on any atom is 0.307 e. The Morgan fingerprint density at radius 2 is 1.89 bits per heavy atom. The van der Waals surface area contributed by atoms with Crippen LogP contribution < -0.4 is 10.2 Å². The maximum absolute atomic E-state index is 13.5. The molecule has 0 bridgehead atoms. The third-order valence-corrected chi connectivity index (χ3v) is 5.74. The summed E-state index contributed by atoms with van der Waals surface area (Å²) < 4.78 is 7.05. The van der Waals surface area contributed by atoms with Crippen LogP contribution in [0.15, 0.2) is 66.9 Å². The van der Waals surface area contributed by atoms with Crippen molar-refractivity contribution in [3.63, 3.8) is 0 Å². The summed E-state index contributed by atoms with van der Waals surface area (Å²) in [5.74, 6) is 0.729. The molecule has 180 valence electrons. The fourth-order valence-electron chi connectivity index (χ4n) is 3.82. The van der Waals surface area contributed by atoms with E-state index in [4.69, 9.17) is 9.72 Å². The number of nitrogens with zero attached hydrogens (tertiary/aromatic N) is 4. The zero-order chi connectivity index (χ0) is 24.8. The largest absolute Gasteiger partial charge is 0.466 e. The zero-order valence-electron chi connectivity index (χ0n) is 20.2. The minimum Gasteiger partial charge on any atom is -0.466 e. The van der Waals surface area contributed by atoms with Crippen molar-refractivity contribution >= 4 is 34.4 Å². The first kappa shape index (κ1) is 23.9.